The van der Waals surface area contributed by atoms with E-state index in [-0.39, 0.29) is 5.56 Å². The third-order valence-electron chi connectivity index (χ3n) is 4.40. The van der Waals surface area contributed by atoms with Crippen molar-refractivity contribution in [1.29, 1.82) is 0 Å². The van der Waals surface area contributed by atoms with Gasteiger partial charge in [-0.1, -0.05) is 0 Å². The Morgan fingerprint density at radius 1 is 1.12 bits per heavy atom. The normalized spacial score (nSPS) is 15.5. The Bertz CT molecular complexity index is 699. The van der Waals surface area contributed by atoms with Crippen LogP contribution in [0.2, 0.25) is 0 Å². The number of pyridine rings is 1. The van der Waals surface area contributed by atoms with Crippen LogP contribution in [0, 0.1) is 5.82 Å². The lowest BCUT2D eigenvalue weighted by Crippen LogP contribution is -2.47. The number of piperazine rings is 1. The number of carbonyl (C=O) groups is 1. The first kappa shape index (κ1) is 16.4. The molecule has 0 radical (unpaired) electrons. The van der Waals surface area contributed by atoms with Gasteiger partial charge in [0.15, 0.2) is 0 Å². The highest BCUT2D eigenvalue weighted by molar-refractivity contribution is 5.98. The Balaban J connectivity index is 1.58. The monoisotopic (exact) mass is 328 g/mol. The topological polar surface area (TPSA) is 62.5 Å². The summed E-state index contributed by atoms with van der Waals surface area (Å²) in [5, 5.41) is 0. The zero-order chi connectivity index (χ0) is 16.9. The van der Waals surface area contributed by atoms with Crippen molar-refractivity contribution in [1.82, 2.24) is 9.88 Å². The molecule has 1 saturated heterocycles. The fraction of sp³-hybridized carbons (Fsp3) is 0.333. The molecule has 0 atom stereocenters. The lowest BCUT2D eigenvalue weighted by molar-refractivity contribution is 0.1000. The molecular formula is C18H21FN4O. The summed E-state index contributed by atoms with van der Waals surface area (Å²) >= 11 is 0. The number of rotatable bonds is 5. The van der Waals surface area contributed by atoms with Gasteiger partial charge in [-0.05, 0) is 42.3 Å². The van der Waals surface area contributed by atoms with E-state index in [9.17, 15) is 9.18 Å². The molecular weight excluding hydrogens is 307 g/mol. The van der Waals surface area contributed by atoms with Crippen molar-refractivity contribution in [2.75, 3.05) is 37.6 Å². The average molecular weight is 328 g/mol. The molecule has 2 N–H and O–H groups in total. The number of hydrogen-bond acceptors (Lipinski definition) is 4. The van der Waals surface area contributed by atoms with E-state index in [1.807, 2.05) is 24.5 Å². The molecule has 1 aromatic heterocycles. The van der Waals surface area contributed by atoms with Crippen LogP contribution in [0.5, 0.6) is 0 Å². The van der Waals surface area contributed by atoms with E-state index in [1.165, 1.54) is 17.7 Å². The summed E-state index contributed by atoms with van der Waals surface area (Å²) in [6.07, 6.45) is 4.62. The Kier molecular flexibility index (Phi) is 5.05. The van der Waals surface area contributed by atoms with E-state index in [1.54, 1.807) is 6.07 Å². The molecule has 3 rings (SSSR count). The minimum atomic E-state index is -0.593. The van der Waals surface area contributed by atoms with Crippen LogP contribution in [-0.4, -0.2) is 48.5 Å². The number of aromatic nitrogens is 1. The van der Waals surface area contributed by atoms with Crippen LogP contribution < -0.4 is 10.6 Å². The molecule has 0 saturated carbocycles. The number of benzene rings is 1. The predicted molar refractivity (Wildman–Crippen MR) is 91.5 cm³/mol. The van der Waals surface area contributed by atoms with Gasteiger partial charge in [-0.15, -0.1) is 0 Å². The highest BCUT2D eigenvalue weighted by Gasteiger charge is 2.21. The molecule has 1 fully saturated rings. The third kappa shape index (κ3) is 3.89. The van der Waals surface area contributed by atoms with Crippen molar-refractivity contribution < 1.29 is 9.18 Å². The standard InChI is InChI=1S/C18H21FN4O/c19-15-1-2-17(16(13-15)18(20)24)23-11-9-22(10-12-23)8-5-14-3-6-21-7-4-14/h1-4,6-7,13H,5,8-12H2,(H2,20,24). The van der Waals surface area contributed by atoms with Crippen molar-refractivity contribution >= 4 is 11.6 Å². The van der Waals surface area contributed by atoms with Crippen molar-refractivity contribution in [3.05, 3.63) is 59.7 Å². The minimum Gasteiger partial charge on any atom is -0.368 e. The number of amides is 1. The summed E-state index contributed by atoms with van der Waals surface area (Å²) in [6, 6.07) is 8.30. The molecule has 1 aliphatic rings. The molecule has 0 aliphatic carbocycles. The summed E-state index contributed by atoms with van der Waals surface area (Å²) in [7, 11) is 0. The number of halogens is 1. The van der Waals surface area contributed by atoms with Crippen molar-refractivity contribution in [3.8, 4) is 0 Å². The molecule has 1 aromatic carbocycles. The summed E-state index contributed by atoms with van der Waals surface area (Å²) in [6.45, 7) is 4.38. The molecule has 5 nitrogen and oxygen atoms in total. The second-order valence-electron chi connectivity index (χ2n) is 5.96. The van der Waals surface area contributed by atoms with Gasteiger partial charge in [-0.3, -0.25) is 14.7 Å². The van der Waals surface area contributed by atoms with Crippen LogP contribution in [0.15, 0.2) is 42.7 Å². The number of nitrogens with two attached hydrogens (primary N) is 1. The van der Waals surface area contributed by atoms with E-state index >= 15 is 0 Å². The van der Waals surface area contributed by atoms with Gasteiger partial charge in [0, 0.05) is 50.8 Å². The number of hydrogen-bond donors (Lipinski definition) is 1. The van der Waals surface area contributed by atoms with Gasteiger partial charge in [0.05, 0.1) is 5.56 Å². The Labute approximate surface area is 140 Å². The number of nitrogens with zero attached hydrogens (tertiary/aromatic N) is 3. The summed E-state index contributed by atoms with van der Waals surface area (Å²) < 4.78 is 13.4. The second kappa shape index (κ2) is 7.40. The molecule has 2 aromatic rings. The maximum atomic E-state index is 13.4. The average Bonchev–Trinajstić information content (AvgIpc) is 2.61. The molecule has 126 valence electrons. The molecule has 1 aliphatic heterocycles. The van der Waals surface area contributed by atoms with Gasteiger partial charge in [-0.25, -0.2) is 4.39 Å². The fourth-order valence-electron chi connectivity index (χ4n) is 3.03. The molecule has 1 amide bonds. The van der Waals surface area contributed by atoms with Gasteiger partial charge in [0.25, 0.3) is 5.91 Å². The fourth-order valence-corrected chi connectivity index (χ4v) is 3.03. The summed E-state index contributed by atoms with van der Waals surface area (Å²) in [5.41, 5.74) is 7.63. The summed E-state index contributed by atoms with van der Waals surface area (Å²) in [5.74, 6) is -1.03. The quantitative estimate of drug-likeness (QED) is 0.907. The number of anilines is 1. The lowest BCUT2D eigenvalue weighted by Gasteiger charge is -2.36. The molecule has 2 heterocycles. The third-order valence-corrected chi connectivity index (χ3v) is 4.40. The van der Waals surface area contributed by atoms with Crippen molar-refractivity contribution in [3.63, 3.8) is 0 Å². The Morgan fingerprint density at radius 2 is 1.83 bits per heavy atom. The highest BCUT2D eigenvalue weighted by atomic mass is 19.1. The minimum absolute atomic E-state index is 0.250. The highest BCUT2D eigenvalue weighted by Crippen LogP contribution is 2.23. The first-order chi connectivity index (χ1) is 11.6. The van der Waals surface area contributed by atoms with Crippen molar-refractivity contribution in [2.24, 2.45) is 5.73 Å². The molecule has 24 heavy (non-hydrogen) atoms. The van der Waals surface area contributed by atoms with Crippen LogP contribution in [-0.2, 0) is 6.42 Å². The van der Waals surface area contributed by atoms with Crippen LogP contribution >= 0.6 is 0 Å². The summed E-state index contributed by atoms with van der Waals surface area (Å²) in [4.78, 5) is 20.1. The molecule has 0 spiro atoms. The Hall–Kier alpha value is -2.47. The van der Waals surface area contributed by atoms with Crippen LogP contribution in [0.25, 0.3) is 0 Å². The smallest absolute Gasteiger partial charge is 0.250 e. The first-order valence-electron chi connectivity index (χ1n) is 8.09. The molecule has 0 unspecified atom stereocenters. The van der Waals surface area contributed by atoms with Crippen LogP contribution in [0.4, 0.5) is 10.1 Å². The largest absolute Gasteiger partial charge is 0.368 e. The first-order valence-corrected chi connectivity index (χ1v) is 8.09. The maximum absolute atomic E-state index is 13.4. The van der Waals surface area contributed by atoms with Gasteiger partial charge in [-0.2, -0.15) is 0 Å². The van der Waals surface area contributed by atoms with Crippen LogP contribution in [0.1, 0.15) is 15.9 Å². The number of carbonyl (C=O) groups excluding carboxylic acids is 1. The van der Waals surface area contributed by atoms with Crippen LogP contribution in [0.3, 0.4) is 0 Å². The van der Waals surface area contributed by atoms with Gasteiger partial charge < -0.3 is 10.6 Å². The SMILES string of the molecule is NC(=O)c1cc(F)ccc1N1CCN(CCc2ccncc2)CC1. The molecule has 6 heteroatoms. The van der Waals surface area contributed by atoms with E-state index in [2.05, 4.69) is 14.8 Å². The van der Waals surface area contributed by atoms with Crippen molar-refractivity contribution in [2.45, 2.75) is 6.42 Å². The van der Waals surface area contributed by atoms with E-state index in [0.29, 0.717) is 0 Å². The zero-order valence-corrected chi connectivity index (χ0v) is 13.5. The van der Waals surface area contributed by atoms with Gasteiger partial charge >= 0.3 is 0 Å². The van der Waals surface area contributed by atoms with E-state index < -0.39 is 11.7 Å². The Morgan fingerprint density at radius 3 is 2.50 bits per heavy atom. The van der Waals surface area contributed by atoms with Gasteiger partial charge in [0.2, 0.25) is 0 Å². The maximum Gasteiger partial charge on any atom is 0.250 e. The second-order valence-corrected chi connectivity index (χ2v) is 5.96. The van der Waals surface area contributed by atoms with Gasteiger partial charge in [0.1, 0.15) is 5.82 Å². The predicted octanol–water partition coefficient (Wildman–Crippen LogP) is 1.68. The lowest BCUT2D eigenvalue weighted by atomic mass is 10.1. The van der Waals surface area contributed by atoms with E-state index in [4.69, 9.17) is 5.73 Å². The van der Waals surface area contributed by atoms with E-state index in [0.717, 1.165) is 44.8 Å². The number of primary amides is 1. The zero-order valence-electron chi connectivity index (χ0n) is 13.5. The molecule has 0 bridgehead atoms.